The van der Waals surface area contributed by atoms with Crippen LogP contribution in [-0.2, 0) is 0 Å². The van der Waals surface area contributed by atoms with E-state index in [1.165, 1.54) is 44.9 Å². The molecule has 110 valence electrons. The second kappa shape index (κ2) is 21.3. The molecule has 0 aromatic rings. The van der Waals surface area contributed by atoms with Gasteiger partial charge in [0.25, 0.3) is 0 Å². The van der Waals surface area contributed by atoms with Crippen LogP contribution in [0, 0.1) is 11.8 Å². The van der Waals surface area contributed by atoms with E-state index >= 15 is 0 Å². The minimum Gasteiger partial charge on any atom is -0.0776 e. The van der Waals surface area contributed by atoms with E-state index in [1.54, 1.807) is 0 Å². The summed E-state index contributed by atoms with van der Waals surface area (Å²) >= 11 is 0. The van der Waals surface area contributed by atoms with Gasteiger partial charge in [0.15, 0.2) is 0 Å². The zero-order valence-corrected chi connectivity index (χ0v) is 12.1. The van der Waals surface area contributed by atoms with E-state index in [1.807, 2.05) is 13.8 Å². The van der Waals surface area contributed by atoms with Gasteiger partial charge in [-0.25, -0.2) is 0 Å². The van der Waals surface area contributed by atoms with Gasteiger partial charge in [-0.2, -0.15) is 0 Å². The maximum Gasteiger partial charge on any atom is -0.0443 e. The summed E-state index contributed by atoms with van der Waals surface area (Å²) in [6, 6.07) is 0. The smallest absolute Gasteiger partial charge is 0.0443 e. The van der Waals surface area contributed by atoms with Crippen molar-refractivity contribution >= 4 is 0 Å². The van der Waals surface area contributed by atoms with Crippen LogP contribution < -0.4 is 0 Å². The van der Waals surface area contributed by atoms with Crippen LogP contribution in [0.15, 0.2) is 0 Å². The third-order valence-electron chi connectivity index (χ3n) is 2.78. The van der Waals surface area contributed by atoms with E-state index < -0.39 is 0 Å². The second-order valence-electron chi connectivity index (χ2n) is 4.93. The molecule has 0 heteroatoms. The molecular formula is C17H42. The summed E-state index contributed by atoms with van der Waals surface area (Å²) in [5, 5.41) is 0. The molecule has 1 aliphatic carbocycles. The molecular weight excluding hydrogens is 204 g/mol. The lowest BCUT2D eigenvalue weighted by atomic mass is 10.1. The molecule has 0 unspecified atom stereocenters. The van der Waals surface area contributed by atoms with Crippen molar-refractivity contribution in [3.05, 3.63) is 0 Å². The quantitative estimate of drug-likeness (QED) is 0.489. The molecule has 0 N–H and O–H groups in total. The highest BCUT2D eigenvalue weighted by atomic mass is 14.1. The Morgan fingerprint density at radius 3 is 1.53 bits per heavy atom. The van der Waals surface area contributed by atoms with Gasteiger partial charge in [0, 0.05) is 0 Å². The highest BCUT2D eigenvalue weighted by Crippen LogP contribution is 2.22. The van der Waals surface area contributed by atoms with Crippen molar-refractivity contribution in [2.75, 3.05) is 0 Å². The van der Waals surface area contributed by atoms with Gasteiger partial charge in [0.1, 0.15) is 0 Å². The molecule has 0 radical (unpaired) electrons. The van der Waals surface area contributed by atoms with Gasteiger partial charge in [-0.05, 0) is 11.8 Å². The van der Waals surface area contributed by atoms with E-state index in [4.69, 9.17) is 0 Å². The Kier molecular flexibility index (Phi) is 32.3. The van der Waals surface area contributed by atoms with Gasteiger partial charge in [0.05, 0.1) is 0 Å². The molecule has 1 fully saturated rings. The lowest BCUT2D eigenvalue weighted by molar-refractivity contribution is 0.550. The predicted molar refractivity (Wildman–Crippen MR) is 86.8 cm³/mol. The van der Waals surface area contributed by atoms with E-state index in [0.717, 1.165) is 11.8 Å². The van der Waals surface area contributed by atoms with Crippen molar-refractivity contribution in [1.82, 2.24) is 0 Å². The van der Waals surface area contributed by atoms with Crippen molar-refractivity contribution in [2.45, 2.75) is 101 Å². The summed E-state index contributed by atoms with van der Waals surface area (Å²) in [6.07, 6.45) is 10.1. The molecule has 17 heavy (non-hydrogen) atoms. The van der Waals surface area contributed by atoms with Gasteiger partial charge in [-0.15, -0.1) is 0 Å². The standard InChI is InChI=1S/C7H16.C6H12.C2H6.2CH4/c1-4-5-6-7(2)3;1-6-4-2-3-5-6;1-2;;/h7H,4-6H2,1-3H3;6H,2-5H2,1H3;1-2H3;2*1H4. The molecule has 0 saturated heterocycles. The third kappa shape index (κ3) is 25.9. The van der Waals surface area contributed by atoms with Gasteiger partial charge in [-0.1, -0.05) is 101 Å². The minimum atomic E-state index is 0. The predicted octanol–water partition coefficient (Wildman–Crippen LogP) is 7.33. The fraction of sp³-hybridized carbons (Fsp3) is 1.00. The summed E-state index contributed by atoms with van der Waals surface area (Å²) in [7, 11) is 0. The molecule has 1 rings (SSSR count). The molecule has 0 amide bonds. The lowest BCUT2D eigenvalue weighted by Crippen LogP contribution is -1.83. The third-order valence-corrected chi connectivity index (χ3v) is 2.78. The van der Waals surface area contributed by atoms with Crippen LogP contribution in [0.5, 0.6) is 0 Å². The Morgan fingerprint density at radius 2 is 1.41 bits per heavy atom. The first-order valence-electron chi connectivity index (χ1n) is 7.16. The van der Waals surface area contributed by atoms with Crippen LogP contribution >= 0.6 is 0 Å². The first-order valence-corrected chi connectivity index (χ1v) is 7.16. The van der Waals surface area contributed by atoms with E-state index in [2.05, 4.69) is 27.7 Å². The molecule has 0 heterocycles. The number of unbranched alkanes of at least 4 members (excludes halogenated alkanes) is 1. The van der Waals surface area contributed by atoms with Crippen LogP contribution in [0.2, 0.25) is 0 Å². The highest BCUT2D eigenvalue weighted by Gasteiger charge is 2.07. The van der Waals surface area contributed by atoms with Crippen LogP contribution in [0.3, 0.4) is 0 Å². The summed E-state index contributed by atoms with van der Waals surface area (Å²) in [5.74, 6) is 1.95. The number of hydrogen-bond donors (Lipinski definition) is 0. The van der Waals surface area contributed by atoms with Crippen molar-refractivity contribution in [2.24, 2.45) is 11.8 Å². The van der Waals surface area contributed by atoms with Crippen molar-refractivity contribution in [3.8, 4) is 0 Å². The van der Waals surface area contributed by atoms with E-state index in [0.29, 0.717) is 0 Å². The molecule has 0 aromatic heterocycles. The molecule has 0 bridgehead atoms. The van der Waals surface area contributed by atoms with Crippen molar-refractivity contribution < 1.29 is 0 Å². The first kappa shape index (κ1) is 25.8. The van der Waals surface area contributed by atoms with Crippen LogP contribution in [0.25, 0.3) is 0 Å². The molecule has 0 aromatic carbocycles. The number of rotatable bonds is 3. The Labute approximate surface area is 114 Å². The van der Waals surface area contributed by atoms with Gasteiger partial charge in [-0.3, -0.25) is 0 Å². The average molecular weight is 247 g/mol. The minimum absolute atomic E-state index is 0. The summed E-state index contributed by atoms with van der Waals surface area (Å²) < 4.78 is 0. The fourth-order valence-corrected chi connectivity index (χ4v) is 1.74. The monoisotopic (exact) mass is 246 g/mol. The maximum absolute atomic E-state index is 2.34. The Hall–Kier alpha value is 0. The van der Waals surface area contributed by atoms with Crippen molar-refractivity contribution in [1.29, 1.82) is 0 Å². The highest BCUT2D eigenvalue weighted by molar-refractivity contribution is 4.60. The fourth-order valence-electron chi connectivity index (χ4n) is 1.74. The van der Waals surface area contributed by atoms with Crippen LogP contribution in [0.4, 0.5) is 0 Å². The number of hydrogen-bond acceptors (Lipinski definition) is 0. The topological polar surface area (TPSA) is 0 Å². The van der Waals surface area contributed by atoms with Crippen LogP contribution in [-0.4, -0.2) is 0 Å². The normalized spacial score (nSPS) is 13.6. The molecule has 0 nitrogen and oxygen atoms in total. The van der Waals surface area contributed by atoms with Gasteiger partial charge in [0.2, 0.25) is 0 Å². The first-order chi connectivity index (χ1) is 7.16. The van der Waals surface area contributed by atoms with Gasteiger partial charge >= 0.3 is 0 Å². The SMILES string of the molecule is C.C.CC.CC1CCCC1.CCCCC(C)C. The lowest BCUT2D eigenvalue weighted by Gasteiger charge is -1.98. The zero-order chi connectivity index (χ0) is 12.1. The average Bonchev–Trinajstić information content (AvgIpc) is 2.70. The summed E-state index contributed by atoms with van der Waals surface area (Å²) in [4.78, 5) is 0. The van der Waals surface area contributed by atoms with Crippen LogP contribution in [0.1, 0.15) is 101 Å². The molecule has 1 aliphatic rings. The molecule has 0 atom stereocenters. The Morgan fingerprint density at radius 1 is 1.00 bits per heavy atom. The second-order valence-corrected chi connectivity index (χ2v) is 4.93. The Bertz CT molecular complexity index is 88.2. The van der Waals surface area contributed by atoms with E-state index in [-0.39, 0.29) is 14.9 Å². The van der Waals surface area contributed by atoms with Gasteiger partial charge < -0.3 is 0 Å². The largest absolute Gasteiger partial charge is 0.0776 e. The molecule has 1 saturated carbocycles. The summed E-state index contributed by atoms with van der Waals surface area (Å²) in [6.45, 7) is 13.1. The Balaban J connectivity index is -0.0000000788. The van der Waals surface area contributed by atoms with Crippen molar-refractivity contribution in [3.63, 3.8) is 0 Å². The molecule has 0 spiro atoms. The van der Waals surface area contributed by atoms with E-state index in [9.17, 15) is 0 Å². The zero-order valence-electron chi connectivity index (χ0n) is 12.1. The maximum atomic E-state index is 2.34. The summed E-state index contributed by atoms with van der Waals surface area (Å²) in [5.41, 5.74) is 0. The molecule has 0 aliphatic heterocycles.